The molecule has 25 heavy (non-hydrogen) atoms. The maximum Gasteiger partial charge on any atom is 0.501 e. The molecule has 0 spiro atoms. The van der Waals surface area contributed by atoms with E-state index in [1.807, 2.05) is 0 Å². The molecule has 0 rings (SSSR count). The highest BCUT2D eigenvalue weighted by molar-refractivity contribution is 6.60. The highest BCUT2D eigenvalue weighted by Gasteiger charge is 2.43. The third kappa shape index (κ3) is 11.5. The molecule has 0 fully saturated rings. The van der Waals surface area contributed by atoms with Gasteiger partial charge in [0.15, 0.2) is 0 Å². The standard InChI is InChI=1S/C19H38O5Si/c1-9-19(20)21-11-10-12-25(22-13-15(2)3,23-14-16(4)5)24-18(8)17(6)7/h9,15-18H,1,10-14H2,2-8H3. The molecule has 0 amide bonds. The molecule has 0 aromatic heterocycles. The van der Waals surface area contributed by atoms with Crippen LogP contribution in [0.4, 0.5) is 0 Å². The molecule has 0 radical (unpaired) electrons. The minimum absolute atomic E-state index is 0.0433. The Hall–Kier alpha value is -0.693. The van der Waals surface area contributed by atoms with Crippen molar-refractivity contribution in [3.8, 4) is 0 Å². The molecule has 1 atom stereocenters. The molecule has 0 heterocycles. The predicted molar refractivity (Wildman–Crippen MR) is 103 cm³/mol. The van der Waals surface area contributed by atoms with E-state index < -0.39 is 14.8 Å². The lowest BCUT2D eigenvalue weighted by Gasteiger charge is -2.34. The van der Waals surface area contributed by atoms with Crippen LogP contribution in [0, 0.1) is 17.8 Å². The molecule has 0 saturated carbocycles. The zero-order valence-corrected chi connectivity index (χ0v) is 18.2. The van der Waals surface area contributed by atoms with Crippen molar-refractivity contribution in [3.05, 3.63) is 12.7 Å². The molecule has 0 aliphatic rings. The van der Waals surface area contributed by atoms with Gasteiger partial charge in [-0.3, -0.25) is 0 Å². The Kier molecular flexibility index (Phi) is 12.3. The first kappa shape index (κ1) is 24.3. The predicted octanol–water partition coefficient (Wildman–Crippen LogP) is 4.45. The summed E-state index contributed by atoms with van der Waals surface area (Å²) in [5.74, 6) is 0.753. The summed E-state index contributed by atoms with van der Waals surface area (Å²) in [6.07, 6.45) is 1.86. The second-order valence-electron chi connectivity index (χ2n) is 7.63. The zero-order valence-electron chi connectivity index (χ0n) is 17.2. The number of hydrogen-bond acceptors (Lipinski definition) is 5. The highest BCUT2D eigenvalue weighted by atomic mass is 28.4. The van der Waals surface area contributed by atoms with Crippen LogP contribution in [0.2, 0.25) is 6.04 Å². The zero-order chi connectivity index (χ0) is 19.5. The second-order valence-corrected chi connectivity index (χ2v) is 10.3. The minimum Gasteiger partial charge on any atom is -0.463 e. The van der Waals surface area contributed by atoms with Crippen molar-refractivity contribution in [3.63, 3.8) is 0 Å². The van der Waals surface area contributed by atoms with Crippen LogP contribution in [-0.2, 0) is 22.8 Å². The fraction of sp³-hybridized carbons (Fsp3) is 0.842. The fourth-order valence-corrected chi connectivity index (χ4v) is 5.06. The monoisotopic (exact) mass is 374 g/mol. The molecule has 0 N–H and O–H groups in total. The molecule has 148 valence electrons. The maximum atomic E-state index is 11.2. The largest absolute Gasteiger partial charge is 0.501 e. The van der Waals surface area contributed by atoms with Crippen LogP contribution >= 0.6 is 0 Å². The summed E-state index contributed by atoms with van der Waals surface area (Å²) in [5.41, 5.74) is 0. The molecule has 0 saturated heterocycles. The molecule has 1 unspecified atom stereocenters. The summed E-state index contributed by atoms with van der Waals surface area (Å²) in [6, 6.07) is 0.633. The summed E-state index contributed by atoms with van der Waals surface area (Å²) in [4.78, 5) is 11.2. The van der Waals surface area contributed by atoms with Crippen LogP contribution in [-0.4, -0.2) is 40.7 Å². The average Bonchev–Trinajstić information content (AvgIpc) is 2.54. The first-order valence-electron chi connectivity index (χ1n) is 9.36. The lowest BCUT2D eigenvalue weighted by molar-refractivity contribution is -0.137. The first-order chi connectivity index (χ1) is 11.6. The first-order valence-corrected chi connectivity index (χ1v) is 11.3. The van der Waals surface area contributed by atoms with Gasteiger partial charge in [0, 0.05) is 31.4 Å². The van der Waals surface area contributed by atoms with Gasteiger partial charge in [0.25, 0.3) is 0 Å². The molecule has 0 aliphatic heterocycles. The van der Waals surface area contributed by atoms with Crippen molar-refractivity contribution in [2.45, 2.75) is 67.0 Å². The summed E-state index contributed by atoms with van der Waals surface area (Å²) in [5, 5.41) is 0. The van der Waals surface area contributed by atoms with Gasteiger partial charge in [-0.15, -0.1) is 0 Å². The normalized spacial score (nSPS) is 13.5. The fourth-order valence-electron chi connectivity index (χ4n) is 1.84. The Morgan fingerprint density at radius 2 is 1.52 bits per heavy atom. The lowest BCUT2D eigenvalue weighted by Crippen LogP contribution is -2.50. The van der Waals surface area contributed by atoms with Gasteiger partial charge in [0.05, 0.1) is 6.61 Å². The number of hydrogen-bond donors (Lipinski definition) is 0. The Balaban J connectivity index is 5.05. The van der Waals surface area contributed by atoms with Crippen molar-refractivity contribution in [1.82, 2.24) is 0 Å². The van der Waals surface area contributed by atoms with Crippen LogP contribution in [0.3, 0.4) is 0 Å². The quantitative estimate of drug-likeness (QED) is 0.195. The molecule has 6 heteroatoms. The Morgan fingerprint density at radius 1 is 1.00 bits per heavy atom. The average molecular weight is 375 g/mol. The summed E-state index contributed by atoms with van der Waals surface area (Å²) < 4.78 is 23.9. The molecular formula is C19H38O5Si. The van der Waals surface area contributed by atoms with Gasteiger partial charge in [-0.25, -0.2) is 4.79 Å². The van der Waals surface area contributed by atoms with Gasteiger partial charge < -0.3 is 18.0 Å². The van der Waals surface area contributed by atoms with E-state index in [9.17, 15) is 4.79 Å². The van der Waals surface area contributed by atoms with E-state index in [0.717, 1.165) is 0 Å². The van der Waals surface area contributed by atoms with Crippen molar-refractivity contribution in [2.75, 3.05) is 19.8 Å². The molecule has 0 aromatic rings. The van der Waals surface area contributed by atoms with Crippen LogP contribution in [0.5, 0.6) is 0 Å². The SMILES string of the molecule is C=CC(=O)OCCC[Si](OCC(C)C)(OCC(C)C)OC(C)C(C)C. The third-order valence-electron chi connectivity index (χ3n) is 3.62. The van der Waals surface area contributed by atoms with Crippen LogP contribution in [0.25, 0.3) is 0 Å². The van der Waals surface area contributed by atoms with Crippen molar-refractivity contribution < 1.29 is 22.8 Å². The van der Waals surface area contributed by atoms with Gasteiger partial charge in [0.2, 0.25) is 0 Å². The lowest BCUT2D eigenvalue weighted by atomic mass is 10.1. The van der Waals surface area contributed by atoms with Crippen molar-refractivity contribution in [2.24, 2.45) is 17.8 Å². The Bertz CT molecular complexity index is 370. The van der Waals surface area contributed by atoms with E-state index in [2.05, 4.69) is 55.0 Å². The summed E-state index contributed by atoms with van der Waals surface area (Å²) in [6.45, 7) is 19.7. The number of ether oxygens (including phenoxy) is 1. The van der Waals surface area contributed by atoms with Gasteiger partial charge in [-0.1, -0.05) is 48.1 Å². The maximum absolute atomic E-state index is 11.2. The van der Waals surface area contributed by atoms with Crippen LogP contribution in [0.15, 0.2) is 12.7 Å². The van der Waals surface area contributed by atoms with E-state index in [1.165, 1.54) is 6.08 Å². The topological polar surface area (TPSA) is 54.0 Å². The number of esters is 1. The van der Waals surface area contributed by atoms with E-state index >= 15 is 0 Å². The van der Waals surface area contributed by atoms with E-state index in [1.54, 1.807) is 0 Å². The van der Waals surface area contributed by atoms with Crippen LogP contribution < -0.4 is 0 Å². The van der Waals surface area contributed by atoms with E-state index in [-0.39, 0.29) is 6.10 Å². The van der Waals surface area contributed by atoms with E-state index in [4.69, 9.17) is 18.0 Å². The molecular weight excluding hydrogens is 336 g/mol. The van der Waals surface area contributed by atoms with Crippen molar-refractivity contribution in [1.29, 1.82) is 0 Å². The Labute approximate surface area is 155 Å². The Morgan fingerprint density at radius 3 is 1.92 bits per heavy atom. The van der Waals surface area contributed by atoms with Crippen molar-refractivity contribution >= 4 is 14.8 Å². The summed E-state index contributed by atoms with van der Waals surface area (Å²) in [7, 11) is -2.85. The van der Waals surface area contributed by atoms with Gasteiger partial charge in [0.1, 0.15) is 0 Å². The smallest absolute Gasteiger partial charge is 0.463 e. The molecule has 0 aliphatic carbocycles. The number of rotatable bonds is 14. The van der Waals surface area contributed by atoms with Gasteiger partial charge >= 0.3 is 14.8 Å². The van der Waals surface area contributed by atoms with Crippen LogP contribution in [0.1, 0.15) is 54.9 Å². The van der Waals surface area contributed by atoms with Gasteiger partial charge in [-0.05, 0) is 31.1 Å². The number of carbonyl (C=O) groups is 1. The number of carbonyl (C=O) groups excluding carboxylic acids is 1. The highest BCUT2D eigenvalue weighted by Crippen LogP contribution is 2.24. The third-order valence-corrected chi connectivity index (χ3v) is 6.53. The van der Waals surface area contributed by atoms with E-state index in [0.29, 0.717) is 50.0 Å². The molecule has 0 aromatic carbocycles. The minimum atomic E-state index is -2.85. The van der Waals surface area contributed by atoms with Gasteiger partial charge in [-0.2, -0.15) is 0 Å². The summed E-state index contributed by atoms with van der Waals surface area (Å²) >= 11 is 0. The second kappa shape index (κ2) is 12.6. The molecule has 5 nitrogen and oxygen atoms in total. The molecule has 0 bridgehead atoms.